The van der Waals surface area contributed by atoms with Crippen molar-refractivity contribution in [3.63, 3.8) is 0 Å². The molecule has 0 aliphatic heterocycles. The van der Waals surface area contributed by atoms with E-state index >= 15 is 0 Å². The van der Waals surface area contributed by atoms with Gasteiger partial charge in [0.1, 0.15) is 0 Å². The summed E-state index contributed by atoms with van der Waals surface area (Å²) in [6, 6.07) is 101. The number of nitrogens with zero attached hydrogens (tertiary/aromatic N) is 2. The van der Waals surface area contributed by atoms with Crippen LogP contribution in [0.1, 0.15) is 44.5 Å². The zero-order chi connectivity index (χ0) is 52.0. The summed E-state index contributed by atoms with van der Waals surface area (Å²) in [4.78, 5) is 4.83. The third-order valence-electron chi connectivity index (χ3n) is 14.8. The lowest BCUT2D eigenvalue weighted by Gasteiger charge is -2.29. The van der Waals surface area contributed by atoms with Gasteiger partial charge < -0.3 is 9.80 Å². The second-order valence-corrected chi connectivity index (χ2v) is 19.7. The number of benzene rings is 13. The maximum absolute atomic E-state index is 2.42. The predicted octanol–water partition coefficient (Wildman–Crippen LogP) is 21.4. The highest BCUT2D eigenvalue weighted by atomic mass is 15.1. The van der Waals surface area contributed by atoms with Gasteiger partial charge in [-0.05, 0) is 137 Å². The van der Waals surface area contributed by atoms with E-state index < -0.39 is 0 Å². The fourth-order valence-electron chi connectivity index (χ4n) is 10.9. The Morgan fingerprint density at radius 3 is 0.641 bits per heavy atom. The Bertz CT molecular complexity index is 3800. The Labute approximate surface area is 456 Å². The second kappa shape index (κ2) is 21.5. The Morgan fingerprint density at radius 1 is 0.167 bits per heavy atom. The van der Waals surface area contributed by atoms with Crippen LogP contribution in [0.4, 0.5) is 34.1 Å². The molecule has 368 valence electrons. The van der Waals surface area contributed by atoms with Crippen LogP contribution in [0.25, 0.3) is 91.7 Å². The molecule has 0 unspecified atom stereocenters. The molecule has 78 heavy (non-hydrogen) atoms. The summed E-state index contributed by atoms with van der Waals surface area (Å²) in [5, 5.41) is 9.84. The van der Waals surface area contributed by atoms with Crippen LogP contribution in [0.2, 0.25) is 0 Å². The molecule has 13 aromatic rings. The van der Waals surface area contributed by atoms with Crippen LogP contribution in [0.3, 0.4) is 0 Å². The number of anilines is 6. The van der Waals surface area contributed by atoms with Crippen LogP contribution in [-0.4, -0.2) is 0 Å². The second-order valence-electron chi connectivity index (χ2n) is 19.7. The van der Waals surface area contributed by atoms with Gasteiger partial charge in [-0.25, -0.2) is 0 Å². The molecule has 0 heterocycles. The van der Waals surface area contributed by atoms with Crippen molar-refractivity contribution in [1.29, 1.82) is 0 Å². The van der Waals surface area contributed by atoms with E-state index in [9.17, 15) is 0 Å². The lowest BCUT2D eigenvalue weighted by molar-refractivity contribution is 1.29. The van der Waals surface area contributed by atoms with E-state index in [1.165, 1.54) is 65.3 Å². The van der Waals surface area contributed by atoms with Gasteiger partial charge in [0.05, 0.1) is 11.4 Å². The minimum Gasteiger partial charge on any atom is -0.310 e. The zero-order valence-electron chi connectivity index (χ0n) is 43.1. The van der Waals surface area contributed by atoms with E-state index in [0.29, 0.717) is 0 Å². The summed E-state index contributed by atoms with van der Waals surface area (Å²) >= 11 is 0. The van der Waals surface area contributed by atoms with Gasteiger partial charge >= 0.3 is 0 Å². The van der Waals surface area contributed by atoms with E-state index in [-0.39, 0.29) is 0 Å². The smallest absolute Gasteiger partial charge is 0.0540 e. The zero-order valence-corrected chi connectivity index (χ0v) is 43.1. The highest BCUT2D eigenvalue weighted by Crippen LogP contribution is 2.49. The van der Waals surface area contributed by atoms with E-state index in [1.54, 1.807) is 0 Å². The summed E-state index contributed by atoms with van der Waals surface area (Å²) in [5.41, 5.74) is 15.9. The van der Waals surface area contributed by atoms with Crippen molar-refractivity contribution >= 4 is 126 Å². The Hall–Kier alpha value is -10.3. The molecule has 0 N–H and O–H groups in total. The van der Waals surface area contributed by atoms with E-state index in [4.69, 9.17) is 0 Å². The summed E-state index contributed by atoms with van der Waals surface area (Å²) in [6.45, 7) is 0. The Kier molecular flexibility index (Phi) is 13.1. The molecule has 0 saturated heterocycles. The standard InChI is InChI=1S/C76H54N2/c1-5-15-55(16-6-1)27-31-59-35-43-63(44-36-59)77(64-45-37-60(38-46-64)32-28-56-17-7-2-8-18-56)73-53-51-69-70-52-54-74(72-26-14-24-68(76(70)72)67-23-13-25-71(73)75(67)69)78(65-47-39-61(40-48-65)33-29-57-19-9-3-10-20-57)66-49-41-62(42-50-66)34-30-58-21-11-4-12-22-58/h1-54H. The molecule has 0 amide bonds. The van der Waals surface area contributed by atoms with Crippen LogP contribution >= 0.6 is 0 Å². The van der Waals surface area contributed by atoms with Crippen LogP contribution in [-0.2, 0) is 0 Å². The van der Waals surface area contributed by atoms with Gasteiger partial charge in [0.2, 0.25) is 0 Å². The topological polar surface area (TPSA) is 6.48 Å². The van der Waals surface area contributed by atoms with Crippen LogP contribution < -0.4 is 9.80 Å². The van der Waals surface area contributed by atoms with Gasteiger partial charge in [0.25, 0.3) is 0 Å². The molecule has 0 fully saturated rings. The third kappa shape index (κ3) is 9.79. The maximum Gasteiger partial charge on any atom is 0.0540 e. The SMILES string of the molecule is C(=Cc1ccc(N(c2ccc(C=Cc3ccccc3)cc2)c2ccc3c4ccc(N(c5ccc(C=Cc6ccccc6)cc5)c5ccc(C=Cc6ccccc6)cc5)c5cccc(c6cccc2c63)c54)cc1)c1ccccc1. The third-order valence-corrected chi connectivity index (χ3v) is 14.8. The minimum atomic E-state index is 1.09. The molecular weight excluding hydrogens is 941 g/mol. The first-order chi connectivity index (χ1) is 38.7. The van der Waals surface area contributed by atoms with Crippen molar-refractivity contribution in [2.24, 2.45) is 0 Å². The normalized spacial score (nSPS) is 11.9. The first-order valence-electron chi connectivity index (χ1n) is 26.7. The lowest BCUT2D eigenvalue weighted by Crippen LogP contribution is -2.11. The first kappa shape index (κ1) is 47.4. The van der Waals surface area contributed by atoms with Crippen molar-refractivity contribution in [2.75, 3.05) is 9.80 Å². The summed E-state index contributed by atoms with van der Waals surface area (Å²) in [7, 11) is 0. The fourth-order valence-corrected chi connectivity index (χ4v) is 10.9. The molecule has 2 nitrogen and oxygen atoms in total. The van der Waals surface area contributed by atoms with E-state index in [2.05, 4.69) is 337 Å². The molecule has 0 aromatic heterocycles. The first-order valence-corrected chi connectivity index (χ1v) is 26.7. The molecule has 0 bridgehead atoms. The lowest BCUT2D eigenvalue weighted by atomic mass is 9.88. The van der Waals surface area contributed by atoms with Crippen molar-refractivity contribution in [1.82, 2.24) is 0 Å². The number of fused-ring (bicyclic) bond motifs is 2. The summed E-state index contributed by atoms with van der Waals surface area (Å²) in [6.07, 6.45) is 17.4. The maximum atomic E-state index is 2.42. The monoisotopic (exact) mass is 994 g/mol. The summed E-state index contributed by atoms with van der Waals surface area (Å²) < 4.78 is 0. The van der Waals surface area contributed by atoms with Gasteiger partial charge in [0.15, 0.2) is 0 Å². The molecule has 0 saturated carbocycles. The Balaban J connectivity index is 0.926. The van der Waals surface area contributed by atoms with Gasteiger partial charge in [-0.15, -0.1) is 0 Å². The van der Waals surface area contributed by atoms with Crippen molar-refractivity contribution in [2.45, 2.75) is 0 Å². The van der Waals surface area contributed by atoms with Gasteiger partial charge in [-0.2, -0.15) is 0 Å². The molecular formula is C76H54N2. The van der Waals surface area contributed by atoms with Crippen molar-refractivity contribution < 1.29 is 0 Å². The molecule has 0 spiro atoms. The highest BCUT2D eigenvalue weighted by molar-refractivity contribution is 6.35. The molecule has 13 rings (SSSR count). The predicted molar refractivity (Wildman–Crippen MR) is 338 cm³/mol. The fraction of sp³-hybridized carbons (Fsp3) is 0. The van der Waals surface area contributed by atoms with E-state index in [1.807, 2.05) is 0 Å². The number of hydrogen-bond acceptors (Lipinski definition) is 2. The molecule has 0 radical (unpaired) electrons. The average molecular weight is 995 g/mol. The number of hydrogen-bond donors (Lipinski definition) is 0. The van der Waals surface area contributed by atoms with Crippen molar-refractivity contribution in [3.8, 4) is 0 Å². The highest BCUT2D eigenvalue weighted by Gasteiger charge is 2.23. The van der Waals surface area contributed by atoms with Gasteiger partial charge in [0, 0.05) is 33.5 Å². The molecule has 2 heteroatoms. The van der Waals surface area contributed by atoms with Crippen molar-refractivity contribution in [3.05, 3.63) is 324 Å². The quantitative estimate of drug-likeness (QED) is 0.0609. The van der Waals surface area contributed by atoms with Crippen LogP contribution in [0.15, 0.2) is 279 Å². The van der Waals surface area contributed by atoms with Crippen LogP contribution in [0.5, 0.6) is 0 Å². The molecule has 0 aliphatic rings. The molecule has 13 aromatic carbocycles. The summed E-state index contributed by atoms with van der Waals surface area (Å²) in [5.74, 6) is 0. The minimum absolute atomic E-state index is 1.09. The number of rotatable bonds is 14. The van der Waals surface area contributed by atoms with Gasteiger partial charge in [-0.1, -0.05) is 267 Å². The Morgan fingerprint density at radius 2 is 0.385 bits per heavy atom. The van der Waals surface area contributed by atoms with E-state index in [0.717, 1.165) is 56.4 Å². The largest absolute Gasteiger partial charge is 0.310 e. The van der Waals surface area contributed by atoms with Crippen LogP contribution in [0, 0.1) is 0 Å². The molecule has 0 atom stereocenters. The molecule has 0 aliphatic carbocycles. The van der Waals surface area contributed by atoms with Gasteiger partial charge in [-0.3, -0.25) is 0 Å². The average Bonchev–Trinajstić information content (AvgIpc) is 3.70.